The highest BCUT2D eigenvalue weighted by Gasteiger charge is 2.19. The first kappa shape index (κ1) is 20.9. The first-order valence-electron chi connectivity index (χ1n) is 10.4. The Kier molecular flexibility index (Phi) is 7.28. The van der Waals surface area contributed by atoms with Crippen LogP contribution in [0, 0.1) is 6.92 Å². The van der Waals surface area contributed by atoms with Crippen molar-refractivity contribution in [2.75, 3.05) is 12.4 Å². The average molecular weight is 395 g/mol. The lowest BCUT2D eigenvalue weighted by Gasteiger charge is -2.23. The van der Waals surface area contributed by atoms with Gasteiger partial charge < -0.3 is 15.4 Å². The zero-order valence-corrected chi connectivity index (χ0v) is 17.3. The molecule has 154 valence electrons. The minimum absolute atomic E-state index is 0.101. The fourth-order valence-electron chi connectivity index (χ4n) is 3.87. The van der Waals surface area contributed by atoms with Gasteiger partial charge in [0.2, 0.25) is 5.91 Å². The number of ether oxygens (including phenoxy) is 1. The molecule has 0 spiro atoms. The lowest BCUT2D eigenvalue weighted by atomic mass is 9.95. The molecule has 5 nitrogen and oxygen atoms in total. The Labute approximate surface area is 172 Å². The second-order valence-corrected chi connectivity index (χ2v) is 7.71. The molecule has 1 saturated carbocycles. The topological polar surface area (TPSA) is 67.4 Å². The van der Waals surface area contributed by atoms with Gasteiger partial charge in [-0.05, 0) is 55.5 Å². The summed E-state index contributed by atoms with van der Waals surface area (Å²) in [6.07, 6.45) is 6.61. The van der Waals surface area contributed by atoms with Gasteiger partial charge in [0, 0.05) is 12.5 Å². The molecule has 29 heavy (non-hydrogen) atoms. The van der Waals surface area contributed by atoms with Crippen LogP contribution in [-0.2, 0) is 11.2 Å². The van der Waals surface area contributed by atoms with Crippen molar-refractivity contribution in [3.8, 4) is 5.75 Å². The smallest absolute Gasteiger partial charge is 0.253 e. The van der Waals surface area contributed by atoms with Crippen molar-refractivity contribution >= 4 is 17.5 Å². The third-order valence-corrected chi connectivity index (χ3v) is 5.49. The quantitative estimate of drug-likeness (QED) is 0.719. The van der Waals surface area contributed by atoms with Crippen LogP contribution in [0.2, 0.25) is 0 Å². The molecule has 0 heterocycles. The summed E-state index contributed by atoms with van der Waals surface area (Å²) in [7, 11) is 1.65. The first-order chi connectivity index (χ1) is 14.1. The molecule has 3 rings (SSSR count). The molecule has 5 heteroatoms. The van der Waals surface area contributed by atoms with Gasteiger partial charge in [0.15, 0.2) is 0 Å². The molecular formula is C24H30N2O3. The summed E-state index contributed by atoms with van der Waals surface area (Å²) in [6.45, 7) is 1.99. The van der Waals surface area contributed by atoms with Crippen molar-refractivity contribution in [3.63, 3.8) is 0 Å². The molecule has 0 atom stereocenters. The second-order valence-electron chi connectivity index (χ2n) is 7.71. The summed E-state index contributed by atoms with van der Waals surface area (Å²) in [5.41, 5.74) is 3.22. The van der Waals surface area contributed by atoms with Crippen molar-refractivity contribution in [2.24, 2.45) is 0 Å². The second kappa shape index (κ2) is 10.1. The standard InChI is InChI=1S/C24H30N2O3/c1-17-16-18(12-14-22(17)29-2)13-15-23(27)26-21-11-7-6-10-20(21)24(28)25-19-8-4-3-5-9-19/h6-7,10-12,14,16,19H,3-5,8-9,13,15H2,1-2H3,(H,25,28)(H,26,27). The van der Waals surface area contributed by atoms with Gasteiger partial charge in [-0.15, -0.1) is 0 Å². The van der Waals surface area contributed by atoms with Gasteiger partial charge in [-0.2, -0.15) is 0 Å². The number of amides is 2. The van der Waals surface area contributed by atoms with E-state index in [-0.39, 0.29) is 17.9 Å². The zero-order chi connectivity index (χ0) is 20.6. The first-order valence-corrected chi connectivity index (χ1v) is 10.4. The molecule has 1 aliphatic carbocycles. The van der Waals surface area contributed by atoms with Crippen molar-refractivity contribution in [1.29, 1.82) is 0 Å². The summed E-state index contributed by atoms with van der Waals surface area (Å²) >= 11 is 0. The Hall–Kier alpha value is -2.82. The Morgan fingerprint density at radius 3 is 2.55 bits per heavy atom. The summed E-state index contributed by atoms with van der Waals surface area (Å²) in [4.78, 5) is 25.2. The van der Waals surface area contributed by atoms with Crippen LogP contribution in [0.5, 0.6) is 5.75 Å². The number of anilines is 1. The number of rotatable bonds is 7. The third-order valence-electron chi connectivity index (χ3n) is 5.49. The molecule has 2 amide bonds. The normalized spacial score (nSPS) is 14.3. The Morgan fingerprint density at radius 2 is 1.83 bits per heavy atom. The fourth-order valence-corrected chi connectivity index (χ4v) is 3.87. The van der Waals surface area contributed by atoms with E-state index in [1.54, 1.807) is 19.2 Å². The van der Waals surface area contributed by atoms with Crippen LogP contribution >= 0.6 is 0 Å². The number of hydrogen-bond donors (Lipinski definition) is 2. The van der Waals surface area contributed by atoms with Gasteiger partial charge in [-0.1, -0.05) is 43.5 Å². The number of hydrogen-bond acceptors (Lipinski definition) is 3. The zero-order valence-electron chi connectivity index (χ0n) is 17.3. The van der Waals surface area contributed by atoms with Crippen LogP contribution < -0.4 is 15.4 Å². The maximum absolute atomic E-state index is 12.7. The summed E-state index contributed by atoms with van der Waals surface area (Å²) in [6, 6.07) is 13.4. The van der Waals surface area contributed by atoms with E-state index in [9.17, 15) is 9.59 Å². The number of carbonyl (C=O) groups is 2. The summed E-state index contributed by atoms with van der Waals surface area (Å²) in [5.74, 6) is 0.631. The van der Waals surface area contributed by atoms with Crippen LogP contribution in [-0.4, -0.2) is 25.0 Å². The molecule has 0 radical (unpaired) electrons. The highest BCUT2D eigenvalue weighted by molar-refractivity contribution is 6.03. The molecule has 1 aliphatic rings. The Bertz CT molecular complexity index is 857. The predicted molar refractivity (Wildman–Crippen MR) is 115 cm³/mol. The summed E-state index contributed by atoms with van der Waals surface area (Å²) in [5, 5.41) is 6.03. The molecule has 2 aromatic rings. The maximum Gasteiger partial charge on any atom is 0.253 e. The number of aryl methyl sites for hydroxylation is 2. The van der Waals surface area contributed by atoms with Gasteiger partial charge >= 0.3 is 0 Å². The highest BCUT2D eigenvalue weighted by Crippen LogP contribution is 2.21. The van der Waals surface area contributed by atoms with Crippen LogP contribution in [0.1, 0.15) is 60.0 Å². The van der Waals surface area contributed by atoms with Gasteiger partial charge in [-0.3, -0.25) is 9.59 Å². The van der Waals surface area contributed by atoms with E-state index in [2.05, 4.69) is 10.6 Å². The number of methoxy groups -OCH3 is 1. The largest absolute Gasteiger partial charge is 0.496 e. The van der Waals surface area contributed by atoms with Crippen LogP contribution in [0.15, 0.2) is 42.5 Å². The molecule has 2 aromatic carbocycles. The van der Waals surface area contributed by atoms with Gasteiger partial charge in [0.25, 0.3) is 5.91 Å². The Morgan fingerprint density at radius 1 is 1.07 bits per heavy atom. The number of para-hydroxylation sites is 1. The van der Waals surface area contributed by atoms with E-state index in [0.717, 1.165) is 42.6 Å². The minimum atomic E-state index is -0.112. The third kappa shape index (κ3) is 5.83. The molecule has 1 fully saturated rings. The van der Waals surface area contributed by atoms with E-state index in [0.29, 0.717) is 24.1 Å². The summed E-state index contributed by atoms with van der Waals surface area (Å²) < 4.78 is 5.28. The molecule has 0 aliphatic heterocycles. The van der Waals surface area contributed by atoms with Gasteiger partial charge in [0.1, 0.15) is 5.75 Å². The van der Waals surface area contributed by atoms with Crippen LogP contribution in [0.25, 0.3) is 0 Å². The maximum atomic E-state index is 12.7. The molecular weight excluding hydrogens is 364 g/mol. The van der Waals surface area contributed by atoms with Crippen LogP contribution in [0.4, 0.5) is 5.69 Å². The molecule has 2 N–H and O–H groups in total. The van der Waals surface area contributed by atoms with E-state index in [4.69, 9.17) is 4.74 Å². The number of nitrogens with one attached hydrogen (secondary N) is 2. The fraction of sp³-hybridized carbons (Fsp3) is 0.417. The van der Waals surface area contributed by atoms with E-state index >= 15 is 0 Å². The van der Waals surface area contributed by atoms with Crippen molar-refractivity contribution in [2.45, 2.75) is 57.9 Å². The van der Waals surface area contributed by atoms with E-state index < -0.39 is 0 Å². The molecule has 0 aromatic heterocycles. The minimum Gasteiger partial charge on any atom is -0.496 e. The van der Waals surface area contributed by atoms with E-state index in [1.807, 2.05) is 37.3 Å². The Balaban J connectivity index is 1.58. The van der Waals surface area contributed by atoms with Gasteiger partial charge in [-0.25, -0.2) is 0 Å². The average Bonchev–Trinajstić information content (AvgIpc) is 2.73. The molecule has 0 saturated heterocycles. The van der Waals surface area contributed by atoms with Crippen LogP contribution in [0.3, 0.4) is 0 Å². The number of carbonyl (C=O) groups excluding carboxylic acids is 2. The monoisotopic (exact) mass is 394 g/mol. The van der Waals surface area contributed by atoms with Gasteiger partial charge in [0.05, 0.1) is 18.4 Å². The van der Waals surface area contributed by atoms with Crippen molar-refractivity contribution < 1.29 is 14.3 Å². The van der Waals surface area contributed by atoms with E-state index in [1.165, 1.54) is 6.42 Å². The lowest BCUT2D eigenvalue weighted by molar-refractivity contribution is -0.116. The van der Waals surface area contributed by atoms with Crippen molar-refractivity contribution in [1.82, 2.24) is 5.32 Å². The molecule has 0 bridgehead atoms. The SMILES string of the molecule is COc1ccc(CCC(=O)Nc2ccccc2C(=O)NC2CCCCC2)cc1C. The molecule has 0 unspecified atom stereocenters. The lowest BCUT2D eigenvalue weighted by Crippen LogP contribution is -2.36. The predicted octanol–water partition coefficient (Wildman–Crippen LogP) is 4.64. The van der Waals surface area contributed by atoms with Crippen molar-refractivity contribution in [3.05, 3.63) is 59.2 Å². The number of benzene rings is 2. The highest BCUT2D eigenvalue weighted by atomic mass is 16.5.